The van der Waals surface area contributed by atoms with Gasteiger partial charge in [0.05, 0.1) is 10.0 Å². The summed E-state index contributed by atoms with van der Waals surface area (Å²) >= 11 is 12.1. The van der Waals surface area contributed by atoms with Crippen LogP contribution in [-0.4, -0.2) is 37.0 Å². The Kier molecular flexibility index (Phi) is 4.81. The smallest absolute Gasteiger partial charge is 0.349 e. The average Bonchev–Trinajstić information content (AvgIpc) is 2.69. The normalized spacial score (nSPS) is 14.6. The molecule has 5 nitrogen and oxygen atoms in total. The third kappa shape index (κ3) is 3.53. The van der Waals surface area contributed by atoms with E-state index >= 15 is 0 Å². The van der Waals surface area contributed by atoms with E-state index in [1.54, 1.807) is 29.2 Å². The van der Waals surface area contributed by atoms with E-state index in [0.717, 1.165) is 11.1 Å². The van der Waals surface area contributed by atoms with Crippen LogP contribution in [0.5, 0.6) is 0 Å². The molecule has 3 aromatic rings. The number of carbonyl (C=O) groups is 1. The van der Waals surface area contributed by atoms with Crippen LogP contribution in [-0.2, 0) is 0 Å². The van der Waals surface area contributed by atoms with Crippen LogP contribution in [0.25, 0.3) is 11.0 Å². The van der Waals surface area contributed by atoms with Gasteiger partial charge in [0, 0.05) is 37.3 Å². The maximum absolute atomic E-state index is 12.8. The van der Waals surface area contributed by atoms with E-state index in [2.05, 4.69) is 4.90 Å². The predicted octanol–water partition coefficient (Wildman–Crippen LogP) is 4.06. The van der Waals surface area contributed by atoms with Crippen molar-refractivity contribution in [3.63, 3.8) is 0 Å². The number of anilines is 1. The highest BCUT2D eigenvalue weighted by Gasteiger charge is 2.25. The first-order valence-electron chi connectivity index (χ1n) is 8.55. The van der Waals surface area contributed by atoms with Gasteiger partial charge in [-0.1, -0.05) is 41.4 Å². The van der Waals surface area contributed by atoms with Gasteiger partial charge in [-0.2, -0.15) is 0 Å². The molecule has 138 valence electrons. The Morgan fingerprint density at radius 3 is 2.41 bits per heavy atom. The number of fused-ring (bicyclic) bond motifs is 1. The molecule has 27 heavy (non-hydrogen) atoms. The van der Waals surface area contributed by atoms with Crippen LogP contribution in [0.4, 0.5) is 5.69 Å². The molecule has 1 aliphatic heterocycles. The molecular weight excluding hydrogens is 387 g/mol. The largest absolute Gasteiger partial charge is 0.422 e. The summed E-state index contributed by atoms with van der Waals surface area (Å²) in [6.07, 6.45) is 0. The zero-order valence-electron chi connectivity index (χ0n) is 14.3. The molecule has 1 fully saturated rings. The maximum atomic E-state index is 12.8. The Balaban J connectivity index is 1.51. The van der Waals surface area contributed by atoms with Crippen LogP contribution in [0, 0.1) is 0 Å². The number of piperazine rings is 1. The topological polar surface area (TPSA) is 53.8 Å². The summed E-state index contributed by atoms with van der Waals surface area (Å²) in [6, 6.07) is 14.2. The molecule has 4 rings (SSSR count). The van der Waals surface area contributed by atoms with Crippen molar-refractivity contribution in [1.29, 1.82) is 0 Å². The molecule has 2 aromatic carbocycles. The van der Waals surface area contributed by atoms with E-state index in [9.17, 15) is 9.59 Å². The number of rotatable bonds is 2. The Morgan fingerprint density at radius 1 is 0.926 bits per heavy atom. The Labute approximate surface area is 165 Å². The van der Waals surface area contributed by atoms with E-state index in [0.29, 0.717) is 41.8 Å². The summed E-state index contributed by atoms with van der Waals surface area (Å²) in [7, 11) is 0. The third-order valence-electron chi connectivity index (χ3n) is 4.71. The lowest BCUT2D eigenvalue weighted by Gasteiger charge is -2.36. The van der Waals surface area contributed by atoms with Gasteiger partial charge in [0.1, 0.15) is 11.1 Å². The second-order valence-electron chi connectivity index (χ2n) is 6.36. The number of hydrogen-bond acceptors (Lipinski definition) is 4. The number of para-hydroxylation sites is 1. The molecule has 0 aliphatic carbocycles. The zero-order chi connectivity index (χ0) is 19.0. The minimum absolute atomic E-state index is 0.0664. The fourth-order valence-corrected chi connectivity index (χ4v) is 3.52. The van der Waals surface area contributed by atoms with Crippen LogP contribution >= 0.6 is 23.2 Å². The predicted molar refractivity (Wildman–Crippen MR) is 107 cm³/mol. The van der Waals surface area contributed by atoms with E-state index in [1.807, 2.05) is 24.3 Å². The standard InChI is InChI=1S/C20H16Cl2N2O3/c21-16-6-5-14(12-17(16)22)23-7-9-24(10-8-23)19(25)15-11-13-3-1-2-4-18(13)27-20(15)26/h1-6,11-12H,7-10H2. The SMILES string of the molecule is O=C(c1cc2ccccc2oc1=O)N1CCN(c2ccc(Cl)c(Cl)c2)CC1. The van der Waals surface area contributed by atoms with Crippen molar-refractivity contribution in [3.05, 3.63) is 74.6 Å². The first-order valence-corrected chi connectivity index (χ1v) is 9.31. The molecule has 0 atom stereocenters. The molecule has 0 radical (unpaired) electrons. The van der Waals surface area contributed by atoms with Crippen molar-refractivity contribution in [1.82, 2.24) is 4.90 Å². The van der Waals surface area contributed by atoms with Gasteiger partial charge in [-0.3, -0.25) is 4.79 Å². The van der Waals surface area contributed by atoms with Crippen molar-refractivity contribution in [2.75, 3.05) is 31.1 Å². The van der Waals surface area contributed by atoms with Crippen LogP contribution in [0.15, 0.2) is 57.7 Å². The molecule has 0 saturated carbocycles. The lowest BCUT2D eigenvalue weighted by molar-refractivity contribution is 0.0742. The third-order valence-corrected chi connectivity index (χ3v) is 5.45. The summed E-state index contributed by atoms with van der Waals surface area (Å²) in [5.41, 5.74) is 0.896. The van der Waals surface area contributed by atoms with E-state index < -0.39 is 5.63 Å². The summed E-state index contributed by atoms with van der Waals surface area (Å²) < 4.78 is 5.28. The van der Waals surface area contributed by atoms with Crippen molar-refractivity contribution in [3.8, 4) is 0 Å². The number of benzene rings is 2. The minimum Gasteiger partial charge on any atom is -0.422 e. The van der Waals surface area contributed by atoms with Gasteiger partial charge in [0.15, 0.2) is 0 Å². The highest BCUT2D eigenvalue weighted by molar-refractivity contribution is 6.42. The lowest BCUT2D eigenvalue weighted by atomic mass is 10.1. The second kappa shape index (κ2) is 7.25. The first kappa shape index (κ1) is 17.9. The molecular formula is C20H16Cl2N2O3. The summed E-state index contributed by atoms with van der Waals surface area (Å²) in [5.74, 6) is -0.303. The number of hydrogen-bond donors (Lipinski definition) is 0. The van der Waals surface area contributed by atoms with Gasteiger partial charge in [-0.05, 0) is 30.3 Å². The van der Waals surface area contributed by atoms with Crippen molar-refractivity contribution >= 4 is 45.8 Å². The Hall–Kier alpha value is -2.50. The van der Waals surface area contributed by atoms with Gasteiger partial charge in [0.2, 0.25) is 0 Å². The fraction of sp³-hybridized carbons (Fsp3) is 0.200. The van der Waals surface area contributed by atoms with Crippen molar-refractivity contribution < 1.29 is 9.21 Å². The van der Waals surface area contributed by atoms with E-state index in [-0.39, 0.29) is 11.5 Å². The molecule has 1 aliphatic rings. The van der Waals surface area contributed by atoms with E-state index in [4.69, 9.17) is 27.6 Å². The number of nitrogens with zero attached hydrogens (tertiary/aromatic N) is 2. The van der Waals surface area contributed by atoms with Gasteiger partial charge in [-0.15, -0.1) is 0 Å². The first-order chi connectivity index (χ1) is 13.0. The molecule has 2 heterocycles. The number of carbonyl (C=O) groups excluding carboxylic acids is 1. The van der Waals surface area contributed by atoms with Crippen LogP contribution in [0.2, 0.25) is 10.0 Å². The summed E-state index contributed by atoms with van der Waals surface area (Å²) in [5, 5.41) is 1.74. The lowest BCUT2D eigenvalue weighted by Crippen LogP contribution is -2.49. The van der Waals surface area contributed by atoms with Gasteiger partial charge < -0.3 is 14.2 Å². The monoisotopic (exact) mass is 402 g/mol. The number of halogens is 2. The molecule has 0 bridgehead atoms. The van der Waals surface area contributed by atoms with Crippen LogP contribution in [0.1, 0.15) is 10.4 Å². The van der Waals surface area contributed by atoms with Crippen molar-refractivity contribution in [2.45, 2.75) is 0 Å². The highest BCUT2D eigenvalue weighted by atomic mass is 35.5. The average molecular weight is 403 g/mol. The van der Waals surface area contributed by atoms with Gasteiger partial charge in [-0.25, -0.2) is 4.79 Å². The summed E-state index contributed by atoms with van der Waals surface area (Å²) in [4.78, 5) is 28.8. The van der Waals surface area contributed by atoms with Gasteiger partial charge in [0.25, 0.3) is 5.91 Å². The molecule has 1 saturated heterocycles. The fourth-order valence-electron chi connectivity index (χ4n) is 3.23. The Bertz CT molecular complexity index is 1070. The minimum atomic E-state index is -0.606. The molecule has 7 heteroatoms. The zero-order valence-corrected chi connectivity index (χ0v) is 15.8. The van der Waals surface area contributed by atoms with Crippen molar-refractivity contribution in [2.24, 2.45) is 0 Å². The van der Waals surface area contributed by atoms with Crippen LogP contribution < -0.4 is 10.5 Å². The second-order valence-corrected chi connectivity index (χ2v) is 7.18. The van der Waals surface area contributed by atoms with E-state index in [1.165, 1.54) is 0 Å². The quantitative estimate of drug-likeness (QED) is 0.606. The van der Waals surface area contributed by atoms with Crippen LogP contribution in [0.3, 0.4) is 0 Å². The molecule has 0 spiro atoms. The molecule has 1 aromatic heterocycles. The highest BCUT2D eigenvalue weighted by Crippen LogP contribution is 2.28. The number of amides is 1. The Morgan fingerprint density at radius 2 is 1.67 bits per heavy atom. The molecule has 0 N–H and O–H groups in total. The molecule has 0 unspecified atom stereocenters. The van der Waals surface area contributed by atoms with Gasteiger partial charge >= 0.3 is 5.63 Å². The summed E-state index contributed by atoms with van der Waals surface area (Å²) in [6.45, 7) is 2.29. The molecule has 1 amide bonds. The maximum Gasteiger partial charge on any atom is 0.349 e.